The zero-order chi connectivity index (χ0) is 29.8. The number of rotatable bonds is 10. The zero-order valence-electron chi connectivity index (χ0n) is 25.2. The molecule has 1 aromatic carbocycles. The van der Waals surface area contributed by atoms with Crippen molar-refractivity contribution in [2.24, 2.45) is 5.92 Å². The fourth-order valence-corrected chi connectivity index (χ4v) is 6.17. The number of hydrogen-bond acceptors (Lipinski definition) is 7. The van der Waals surface area contributed by atoms with Gasteiger partial charge >= 0.3 is 11.9 Å². The number of pyridine rings is 1. The van der Waals surface area contributed by atoms with E-state index in [2.05, 4.69) is 12.6 Å². The van der Waals surface area contributed by atoms with Gasteiger partial charge in [0.25, 0.3) is 0 Å². The average molecular weight is 565 g/mol. The fourth-order valence-electron chi connectivity index (χ4n) is 6.17. The number of carbonyl (C=O) groups is 3. The van der Waals surface area contributed by atoms with Gasteiger partial charge in [0, 0.05) is 23.3 Å². The van der Waals surface area contributed by atoms with Gasteiger partial charge in [0.15, 0.2) is 0 Å². The highest BCUT2D eigenvalue weighted by atomic mass is 16.6. The van der Waals surface area contributed by atoms with Gasteiger partial charge in [-0.3, -0.25) is 9.59 Å². The van der Waals surface area contributed by atoms with E-state index in [-0.39, 0.29) is 18.9 Å². The van der Waals surface area contributed by atoms with Gasteiger partial charge in [-0.15, -0.1) is 6.58 Å². The Morgan fingerprint density at radius 2 is 1.98 bits per heavy atom. The molecule has 41 heavy (non-hydrogen) atoms. The van der Waals surface area contributed by atoms with Gasteiger partial charge in [0.1, 0.15) is 23.0 Å². The molecule has 8 nitrogen and oxygen atoms in total. The van der Waals surface area contributed by atoms with Crippen molar-refractivity contribution in [2.45, 2.75) is 103 Å². The predicted molar refractivity (Wildman–Crippen MR) is 158 cm³/mol. The van der Waals surface area contributed by atoms with E-state index in [9.17, 15) is 14.4 Å². The first-order valence-corrected chi connectivity index (χ1v) is 14.8. The van der Waals surface area contributed by atoms with E-state index in [1.165, 1.54) is 7.11 Å². The van der Waals surface area contributed by atoms with Crippen LogP contribution in [0, 0.1) is 12.8 Å². The van der Waals surface area contributed by atoms with Crippen molar-refractivity contribution in [3.63, 3.8) is 0 Å². The number of nitrogens with zero attached hydrogens (tertiary/aromatic N) is 2. The van der Waals surface area contributed by atoms with Crippen molar-refractivity contribution >= 4 is 28.7 Å². The number of hydrogen-bond donors (Lipinski definition) is 0. The third-order valence-corrected chi connectivity index (χ3v) is 8.07. The average Bonchev–Trinajstić information content (AvgIpc) is 3.29. The number of para-hydroxylation sites is 1. The number of unbranched alkanes of at least 4 members (excludes halogenated alkanes) is 3. The molecule has 1 aromatic heterocycles. The smallest absolute Gasteiger partial charge is 0.328 e. The topological polar surface area (TPSA) is 95.0 Å². The Morgan fingerprint density at radius 1 is 1.22 bits per heavy atom. The lowest BCUT2D eigenvalue weighted by molar-refractivity contribution is -0.159. The van der Waals surface area contributed by atoms with Crippen LogP contribution in [-0.2, 0) is 30.3 Å². The summed E-state index contributed by atoms with van der Waals surface area (Å²) in [5, 5.41) is 1.06. The molecule has 0 unspecified atom stereocenters. The summed E-state index contributed by atoms with van der Waals surface area (Å²) in [5.74, 6) is -0.976. The first-order valence-electron chi connectivity index (χ1n) is 14.8. The van der Waals surface area contributed by atoms with Crippen molar-refractivity contribution in [3.05, 3.63) is 48.2 Å². The molecule has 4 rings (SSSR count). The Morgan fingerprint density at radius 3 is 2.68 bits per heavy atom. The van der Waals surface area contributed by atoms with Gasteiger partial charge < -0.3 is 19.1 Å². The molecule has 0 aliphatic carbocycles. The van der Waals surface area contributed by atoms with Crippen LogP contribution in [0.1, 0.15) is 83.4 Å². The van der Waals surface area contributed by atoms with Gasteiger partial charge in [-0.1, -0.05) is 37.1 Å². The van der Waals surface area contributed by atoms with E-state index in [4.69, 9.17) is 19.2 Å². The van der Waals surface area contributed by atoms with Crippen molar-refractivity contribution in [3.8, 4) is 5.75 Å². The van der Waals surface area contributed by atoms with E-state index in [0.717, 1.165) is 60.0 Å². The lowest BCUT2D eigenvalue weighted by atomic mass is 9.87. The molecule has 8 heteroatoms. The number of methoxy groups -OCH3 is 1. The van der Waals surface area contributed by atoms with Crippen LogP contribution in [-0.4, -0.2) is 58.6 Å². The summed E-state index contributed by atoms with van der Waals surface area (Å²) >= 11 is 0. The van der Waals surface area contributed by atoms with Crippen molar-refractivity contribution in [1.82, 2.24) is 9.88 Å². The molecule has 0 saturated carbocycles. The maximum atomic E-state index is 14.1. The Balaban J connectivity index is 1.59. The molecule has 0 N–H and O–H groups in total. The van der Waals surface area contributed by atoms with E-state index in [1.54, 1.807) is 4.90 Å². The van der Waals surface area contributed by atoms with Gasteiger partial charge in [0.2, 0.25) is 5.91 Å². The highest BCUT2D eigenvalue weighted by Crippen LogP contribution is 2.45. The number of amides is 1. The highest BCUT2D eigenvalue weighted by molar-refractivity contribution is 5.89. The second-order valence-electron chi connectivity index (χ2n) is 12.4. The highest BCUT2D eigenvalue weighted by Gasteiger charge is 2.53. The molecule has 2 aliphatic heterocycles. The molecule has 1 saturated heterocycles. The number of aromatic nitrogens is 1. The largest absolute Gasteiger partial charge is 0.483 e. The lowest BCUT2D eigenvalue weighted by Gasteiger charge is -2.36. The van der Waals surface area contributed by atoms with Gasteiger partial charge in [0.05, 0.1) is 31.3 Å². The van der Waals surface area contributed by atoms with Crippen LogP contribution in [0.3, 0.4) is 0 Å². The molecule has 3 atom stereocenters. The molecule has 2 aliphatic rings. The number of benzene rings is 1. The first-order chi connectivity index (χ1) is 19.5. The number of aryl methyl sites for hydroxylation is 2. The van der Waals surface area contributed by atoms with Crippen molar-refractivity contribution in [2.75, 3.05) is 13.7 Å². The van der Waals surface area contributed by atoms with E-state index in [0.29, 0.717) is 19.3 Å². The van der Waals surface area contributed by atoms with Gasteiger partial charge in [-0.25, -0.2) is 9.78 Å². The molecular formula is C33H44N2O6. The maximum absolute atomic E-state index is 14.1. The van der Waals surface area contributed by atoms with Crippen LogP contribution in [0.25, 0.3) is 10.9 Å². The Kier molecular flexibility index (Phi) is 9.40. The van der Waals surface area contributed by atoms with Crippen molar-refractivity contribution in [1.29, 1.82) is 0 Å². The van der Waals surface area contributed by atoms with E-state index in [1.807, 2.05) is 52.0 Å². The molecular weight excluding hydrogens is 520 g/mol. The van der Waals surface area contributed by atoms with Crippen LogP contribution in [0.4, 0.5) is 0 Å². The summed E-state index contributed by atoms with van der Waals surface area (Å²) in [6.45, 7) is 11.4. The second kappa shape index (κ2) is 12.6. The predicted octanol–water partition coefficient (Wildman–Crippen LogP) is 5.87. The number of ether oxygens (including phenoxy) is 3. The molecule has 1 fully saturated rings. The summed E-state index contributed by atoms with van der Waals surface area (Å²) in [5.41, 5.74) is 1.44. The molecule has 1 amide bonds. The third-order valence-electron chi connectivity index (χ3n) is 8.07. The number of likely N-dealkylation sites (tertiary alicyclic amines) is 1. The van der Waals surface area contributed by atoms with E-state index < -0.39 is 35.1 Å². The van der Waals surface area contributed by atoms with Crippen molar-refractivity contribution < 1.29 is 28.6 Å². The molecule has 3 heterocycles. The summed E-state index contributed by atoms with van der Waals surface area (Å²) in [7, 11) is 1.34. The van der Waals surface area contributed by atoms with E-state index >= 15 is 0 Å². The number of esters is 2. The van der Waals surface area contributed by atoms with Crippen LogP contribution < -0.4 is 4.74 Å². The Labute approximate surface area is 243 Å². The molecule has 2 aromatic rings. The van der Waals surface area contributed by atoms with Crippen LogP contribution >= 0.6 is 0 Å². The molecule has 0 bridgehead atoms. The minimum absolute atomic E-state index is 0.0341. The van der Waals surface area contributed by atoms with Crippen LogP contribution in [0.2, 0.25) is 0 Å². The number of carbonyl (C=O) groups excluding carboxylic acids is 3. The normalized spacial score (nSPS) is 20.8. The second-order valence-corrected chi connectivity index (χ2v) is 12.4. The maximum Gasteiger partial charge on any atom is 0.328 e. The summed E-state index contributed by atoms with van der Waals surface area (Å²) in [6, 6.07) is 7.24. The molecule has 222 valence electrons. The minimum Gasteiger partial charge on any atom is -0.483 e. The minimum atomic E-state index is -0.787. The molecule has 0 radical (unpaired) electrons. The summed E-state index contributed by atoms with van der Waals surface area (Å²) in [6.07, 6.45) is 7.72. The van der Waals surface area contributed by atoms with Crippen LogP contribution in [0.5, 0.6) is 5.75 Å². The van der Waals surface area contributed by atoms with Gasteiger partial charge in [-0.2, -0.15) is 0 Å². The van der Waals surface area contributed by atoms with Crippen LogP contribution in [0.15, 0.2) is 36.9 Å². The number of fused-ring (bicyclic) bond motifs is 3. The summed E-state index contributed by atoms with van der Waals surface area (Å²) < 4.78 is 17.4. The standard InChI is InChI=1S/C33H44N2O6/c1-7-8-9-10-11-14-23(19-28(36)40-32(3,4)5)30(37)35-21-33(20-27(35)31(38)39-6)18-17-25-24-15-12-13-16-26(24)34-22(2)29(25)41-33/h7,12-13,15-16,23,27H,1,8-11,14,17-21H2,2-6H3/t23-,27+,33-/m1/s1. The fraction of sp³-hybridized carbons (Fsp3) is 0.576. The quantitative estimate of drug-likeness (QED) is 0.202. The van der Waals surface area contributed by atoms with Gasteiger partial charge in [-0.05, 0) is 65.9 Å². The SMILES string of the molecule is C=CCCCCC[C@H](CC(=O)OC(C)(C)C)C(=O)N1C[C@@]2(CCc3c(c(C)nc4ccccc34)O2)C[C@H]1C(=O)OC. The number of allylic oxidation sites excluding steroid dienone is 1. The lowest BCUT2D eigenvalue weighted by Crippen LogP contribution is -2.46. The zero-order valence-corrected chi connectivity index (χ0v) is 25.2. The summed E-state index contributed by atoms with van der Waals surface area (Å²) in [4.78, 5) is 46.4. The Bertz CT molecular complexity index is 1300. The first kappa shape index (κ1) is 30.5. The monoisotopic (exact) mass is 564 g/mol. The Hall–Kier alpha value is -3.42. The third kappa shape index (κ3) is 7.08. The molecule has 1 spiro atoms.